The van der Waals surface area contributed by atoms with Crippen LogP contribution < -0.4 is 0 Å². The lowest BCUT2D eigenvalue weighted by Crippen LogP contribution is -1.89. The van der Waals surface area contributed by atoms with Crippen molar-refractivity contribution in [3.8, 4) is 0 Å². The Morgan fingerprint density at radius 1 is 0.212 bits per heavy atom. The molecule has 0 N–H and O–H groups in total. The zero-order chi connectivity index (χ0) is 55.9. The molecule has 0 saturated heterocycles. The van der Waals surface area contributed by atoms with Gasteiger partial charge in [0.1, 0.15) is 0 Å². The molecule has 0 spiro atoms. The van der Waals surface area contributed by atoms with E-state index in [1.165, 1.54) is 215 Å². The summed E-state index contributed by atoms with van der Waals surface area (Å²) in [6.07, 6.45) is 45.1. The maximum Gasteiger partial charge on any atom is 0.0569 e. The number of benzene rings is 4. The monoisotopic (exact) mass is 1050 g/mol. The Labute approximate surface area is 490 Å². The van der Waals surface area contributed by atoms with Gasteiger partial charge in [-0.1, -0.05) is 274 Å². The lowest BCUT2D eigenvalue weighted by atomic mass is 9.96. The van der Waals surface area contributed by atoms with E-state index >= 15 is 0 Å². The van der Waals surface area contributed by atoms with Crippen LogP contribution >= 0.6 is 0 Å². The standard InChI is InChI=1S/C80H94/c1-5-9-13-17-21-25-29-33-45-67-57-59-71-49-37-39-54-76-65-70(48-36-32-28-24-20-16-12-8-4)66-80-78(76)56-44-43-55-77-73(51-40-38-50-72(71)61-67)63-69(47-35-31-27-23-19-15-11-7-3)64-74(77)52-41-42-53-75-62-68(58-60-79(75)80)46-34-30-26-22-18-14-10-6-2/h57-66H,5-36,45-48H2,1-4H3. The van der Waals surface area contributed by atoms with Crippen molar-refractivity contribution in [3.05, 3.63) is 180 Å². The molecule has 2 bridgehead atoms. The minimum atomic E-state index is 0.772. The normalized spacial score (nSPS) is 10.5. The van der Waals surface area contributed by atoms with Gasteiger partial charge in [-0.2, -0.15) is 0 Å². The first-order valence-electron chi connectivity index (χ1n) is 32.3. The first-order chi connectivity index (χ1) is 39.6. The summed E-state index contributed by atoms with van der Waals surface area (Å²) in [5.74, 6) is 0. The molecule has 0 nitrogen and oxygen atoms in total. The summed E-state index contributed by atoms with van der Waals surface area (Å²) in [5, 5.41) is 8.99. The molecule has 0 radical (unpaired) electrons. The summed E-state index contributed by atoms with van der Waals surface area (Å²) in [6, 6.07) is 77.0. The highest BCUT2D eigenvalue weighted by Gasteiger charge is 2.07. The third kappa shape index (κ3) is 23.2. The Kier molecular flexibility index (Phi) is 30.4. The fraction of sp³-hybridized carbons (Fsp3) is 0.500. The number of aryl methyl sites for hydroxylation is 4. The van der Waals surface area contributed by atoms with Gasteiger partial charge in [0.15, 0.2) is 0 Å². The maximum atomic E-state index is 3.60. The predicted octanol–water partition coefficient (Wildman–Crippen LogP) is 22.9. The lowest BCUT2D eigenvalue weighted by Gasteiger charge is -2.07. The van der Waals surface area contributed by atoms with Crippen LogP contribution in [-0.2, 0) is 25.7 Å². The SMILES string of the molecule is CCCCCCCCCCc1ccc2c#cc#cc3cc(CCCCCCCCCC)cc4c3c#cc#cc3c(c#cc#cc2c1)cc(CCCCCCCCCC)cc3c#cc#cc1cc(CCCCCCCCCC)ccc14. The summed E-state index contributed by atoms with van der Waals surface area (Å²) >= 11 is 0. The molecule has 0 aliphatic heterocycles. The van der Waals surface area contributed by atoms with E-state index in [2.05, 4.69) is 185 Å². The van der Waals surface area contributed by atoms with Gasteiger partial charge in [0.25, 0.3) is 0 Å². The van der Waals surface area contributed by atoms with Gasteiger partial charge >= 0.3 is 0 Å². The van der Waals surface area contributed by atoms with Crippen LogP contribution in [0.25, 0.3) is 53.9 Å². The molecule has 0 aromatic heterocycles. The second-order valence-corrected chi connectivity index (χ2v) is 22.8. The van der Waals surface area contributed by atoms with Crippen molar-refractivity contribution in [2.24, 2.45) is 0 Å². The number of hydrogen-bond acceptors (Lipinski definition) is 0. The molecule has 0 heterocycles. The molecule has 0 unspecified atom stereocenters. The maximum absolute atomic E-state index is 3.60. The van der Waals surface area contributed by atoms with E-state index in [1.54, 1.807) is 0 Å². The van der Waals surface area contributed by atoms with Gasteiger partial charge in [0.05, 0.1) is 5.39 Å². The van der Waals surface area contributed by atoms with Crippen LogP contribution in [0.4, 0.5) is 0 Å². The van der Waals surface area contributed by atoms with Gasteiger partial charge < -0.3 is 0 Å². The van der Waals surface area contributed by atoms with Gasteiger partial charge in [-0.25, -0.2) is 0 Å². The van der Waals surface area contributed by atoms with Crippen molar-refractivity contribution in [2.45, 2.75) is 259 Å². The molecule has 6 aromatic carbocycles. The summed E-state index contributed by atoms with van der Waals surface area (Å²) in [4.78, 5) is 0. The lowest BCUT2D eigenvalue weighted by molar-refractivity contribution is 0.575. The zero-order valence-corrected chi connectivity index (χ0v) is 50.2. The fourth-order valence-electron chi connectivity index (χ4n) is 11.1. The van der Waals surface area contributed by atoms with Gasteiger partial charge in [-0.05, 0) is 170 Å². The largest absolute Gasteiger partial charge is 0.0654 e. The first-order valence-corrected chi connectivity index (χ1v) is 32.3. The average Bonchev–Trinajstić information content (AvgIpc) is 3.54. The van der Waals surface area contributed by atoms with Crippen LogP contribution in [0.3, 0.4) is 0 Å². The highest BCUT2D eigenvalue weighted by atomic mass is 14.1. The molecular formula is C80H94. The van der Waals surface area contributed by atoms with Gasteiger partial charge in [-0.3, -0.25) is 0 Å². The van der Waals surface area contributed by atoms with Crippen molar-refractivity contribution in [3.63, 3.8) is 0 Å². The van der Waals surface area contributed by atoms with Crippen molar-refractivity contribution in [1.82, 2.24) is 0 Å². The van der Waals surface area contributed by atoms with Crippen LogP contribution in [-0.4, -0.2) is 0 Å². The highest BCUT2D eigenvalue weighted by molar-refractivity contribution is 6.10. The first kappa shape index (κ1) is 62.6. The number of hydrogen-bond donors (Lipinski definition) is 0. The molecule has 6 aromatic rings. The second-order valence-electron chi connectivity index (χ2n) is 22.8. The van der Waals surface area contributed by atoms with Crippen molar-refractivity contribution >= 4 is 53.9 Å². The van der Waals surface area contributed by atoms with Crippen LogP contribution in [0.2, 0.25) is 0 Å². The number of rotatable bonds is 36. The molecule has 0 fully saturated rings. The van der Waals surface area contributed by atoms with E-state index in [9.17, 15) is 0 Å². The Bertz CT molecular complexity index is 2910. The van der Waals surface area contributed by atoms with E-state index in [1.807, 2.05) is 0 Å². The van der Waals surface area contributed by atoms with Crippen LogP contribution in [0.5, 0.6) is 0 Å². The molecular weight excluding hydrogens is 961 g/mol. The second kappa shape index (κ2) is 38.9. The summed E-state index contributed by atoms with van der Waals surface area (Å²) in [6.45, 7) is 9.15. The Hall–Kier alpha value is -6.64. The predicted molar refractivity (Wildman–Crippen MR) is 342 cm³/mol. The minimum absolute atomic E-state index is 0.772. The minimum Gasteiger partial charge on any atom is -0.0654 e. The van der Waals surface area contributed by atoms with E-state index in [-0.39, 0.29) is 0 Å². The van der Waals surface area contributed by atoms with E-state index in [0.717, 1.165) is 92.4 Å². The summed E-state index contributed by atoms with van der Waals surface area (Å²) in [5.41, 5.74) is 5.07. The Morgan fingerprint density at radius 2 is 0.500 bits per heavy atom. The van der Waals surface area contributed by atoms with Gasteiger partial charge in [0.2, 0.25) is 0 Å². The van der Waals surface area contributed by atoms with E-state index < -0.39 is 0 Å². The molecule has 0 atom stereocenters. The molecule has 0 saturated carbocycles. The van der Waals surface area contributed by atoms with Crippen molar-refractivity contribution in [1.29, 1.82) is 0 Å². The van der Waals surface area contributed by atoms with Crippen LogP contribution in [0, 0.1) is 97.1 Å². The quantitative estimate of drug-likeness (QED) is 0.0344. The molecule has 0 aliphatic rings. The van der Waals surface area contributed by atoms with Gasteiger partial charge in [0, 0.05) is 43.1 Å². The van der Waals surface area contributed by atoms with Crippen molar-refractivity contribution in [2.75, 3.05) is 0 Å². The topological polar surface area (TPSA) is 0 Å². The fourth-order valence-corrected chi connectivity index (χ4v) is 11.1. The Morgan fingerprint density at radius 3 is 0.938 bits per heavy atom. The number of unbranched alkanes of at least 4 members (excludes halogenated alkanes) is 28. The highest BCUT2D eigenvalue weighted by Crippen LogP contribution is 2.28. The molecule has 80 heavy (non-hydrogen) atoms. The van der Waals surface area contributed by atoms with E-state index in [4.69, 9.17) is 0 Å². The van der Waals surface area contributed by atoms with Gasteiger partial charge in [-0.15, -0.1) is 0 Å². The van der Waals surface area contributed by atoms with Crippen molar-refractivity contribution < 1.29 is 0 Å². The molecule has 6 rings (SSSR count). The smallest absolute Gasteiger partial charge is 0.0569 e. The van der Waals surface area contributed by atoms with Crippen LogP contribution in [0.1, 0.15) is 255 Å². The summed E-state index contributed by atoms with van der Waals surface area (Å²) < 4.78 is 0. The van der Waals surface area contributed by atoms with Crippen LogP contribution in [0.15, 0.2) is 60.7 Å². The molecule has 0 heteroatoms. The molecule has 0 amide bonds. The zero-order valence-electron chi connectivity index (χ0n) is 50.2. The molecule has 0 aliphatic carbocycles. The molecule has 414 valence electrons. The Balaban J connectivity index is 1.51. The van der Waals surface area contributed by atoms with E-state index in [0.29, 0.717) is 0 Å². The summed E-state index contributed by atoms with van der Waals surface area (Å²) in [7, 11) is 0. The third-order valence-electron chi connectivity index (χ3n) is 15.9. The average molecular weight is 1060 g/mol. The third-order valence-corrected chi connectivity index (χ3v) is 15.9. The number of fused-ring (bicyclic) bond motifs is 4.